The average molecular weight is 503 g/mol. The third kappa shape index (κ3) is 4.02. The van der Waals surface area contributed by atoms with Crippen molar-refractivity contribution in [1.82, 2.24) is 0 Å². The van der Waals surface area contributed by atoms with E-state index in [9.17, 15) is 9.59 Å². The van der Waals surface area contributed by atoms with E-state index >= 15 is 0 Å². The van der Waals surface area contributed by atoms with Crippen LogP contribution in [0.1, 0.15) is 50.2 Å². The molecule has 6 rings (SSSR count). The molecule has 1 saturated carbocycles. The summed E-state index contributed by atoms with van der Waals surface area (Å²) in [6.07, 6.45) is 3.77. The summed E-state index contributed by atoms with van der Waals surface area (Å²) in [4.78, 5) is 23.5. The molecule has 4 aromatic rings. The van der Waals surface area contributed by atoms with Crippen LogP contribution in [0.15, 0.2) is 67.0 Å². The van der Waals surface area contributed by atoms with Gasteiger partial charge in [-0.2, -0.15) is 0 Å². The van der Waals surface area contributed by atoms with E-state index in [1.807, 2.05) is 6.07 Å². The lowest BCUT2D eigenvalue weighted by atomic mass is 9.60. The first kappa shape index (κ1) is 23.8. The lowest BCUT2D eigenvalue weighted by Gasteiger charge is -2.42. The second-order valence-electron chi connectivity index (χ2n) is 10.8. The largest absolute Gasteiger partial charge is 0.496 e. The first-order valence-corrected chi connectivity index (χ1v) is 12.6. The van der Waals surface area contributed by atoms with Crippen LogP contribution in [-0.4, -0.2) is 25.9 Å². The second kappa shape index (κ2) is 8.48. The summed E-state index contributed by atoms with van der Waals surface area (Å²) in [6.45, 7) is 4.52. The molecule has 7 heteroatoms. The van der Waals surface area contributed by atoms with Gasteiger partial charge in [0.15, 0.2) is 0 Å². The summed E-state index contributed by atoms with van der Waals surface area (Å²) in [5.41, 5.74) is 2.20. The molecule has 0 bridgehead atoms. The molecule has 37 heavy (non-hydrogen) atoms. The fourth-order valence-corrected chi connectivity index (χ4v) is 6.24. The van der Waals surface area contributed by atoms with Gasteiger partial charge < -0.3 is 23.0 Å². The molecule has 192 valence electrons. The van der Waals surface area contributed by atoms with Crippen molar-refractivity contribution in [2.45, 2.75) is 57.2 Å². The zero-order valence-electron chi connectivity index (χ0n) is 21.5. The van der Waals surface area contributed by atoms with Crippen LogP contribution in [0.3, 0.4) is 0 Å². The Morgan fingerprint density at radius 3 is 2.11 bits per heavy atom. The smallest absolute Gasteiger partial charge is 0.336 e. The van der Waals surface area contributed by atoms with Crippen LogP contribution in [-0.2, 0) is 11.2 Å². The van der Waals surface area contributed by atoms with Gasteiger partial charge in [-0.05, 0) is 67.9 Å². The fraction of sp³-hybridized carbons (Fsp3) is 0.400. The van der Waals surface area contributed by atoms with Gasteiger partial charge in [0.1, 0.15) is 22.7 Å². The summed E-state index contributed by atoms with van der Waals surface area (Å²) in [5.74, 6) is 1.52. The standard InChI is InChI=1S/C30H30O7/c1-29(10-9-19-13-17-5-7-25(31)35-22(17)15-21(19)33-3)11-12-30(2)28(37-30)27(29)20-14-18-6-8-26(32)36-23(18)16-24(20)34-4/h5-8,13-16,27-28H,9-12H2,1-4H3. The Kier molecular flexibility index (Phi) is 5.46. The van der Waals surface area contributed by atoms with E-state index in [1.165, 1.54) is 12.1 Å². The first-order chi connectivity index (χ1) is 17.7. The zero-order chi connectivity index (χ0) is 25.9. The molecular formula is C30H30O7. The van der Waals surface area contributed by atoms with Crippen LogP contribution in [0, 0.1) is 5.41 Å². The highest BCUT2D eigenvalue weighted by atomic mass is 16.6. The van der Waals surface area contributed by atoms with E-state index in [2.05, 4.69) is 26.0 Å². The molecule has 2 aliphatic rings. The molecule has 4 atom stereocenters. The van der Waals surface area contributed by atoms with Crippen molar-refractivity contribution in [2.75, 3.05) is 14.2 Å². The van der Waals surface area contributed by atoms with E-state index in [0.717, 1.165) is 47.6 Å². The summed E-state index contributed by atoms with van der Waals surface area (Å²) in [6, 6.07) is 14.2. The molecule has 0 amide bonds. The molecular weight excluding hydrogens is 472 g/mol. The van der Waals surface area contributed by atoms with Gasteiger partial charge in [-0.1, -0.05) is 6.92 Å². The van der Waals surface area contributed by atoms with Crippen molar-refractivity contribution in [3.05, 3.63) is 80.5 Å². The van der Waals surface area contributed by atoms with Crippen LogP contribution < -0.4 is 20.7 Å². The number of benzene rings is 2. The molecule has 7 nitrogen and oxygen atoms in total. The minimum atomic E-state index is -0.383. The SMILES string of the molecule is COc1cc2oc(=O)ccc2cc1CCC1(C)CCC2(C)OC2C1c1cc2ccc(=O)oc2cc1OC. The zero-order valence-corrected chi connectivity index (χ0v) is 21.5. The van der Waals surface area contributed by atoms with Gasteiger partial charge in [0.05, 0.1) is 25.9 Å². The Labute approximate surface area is 213 Å². The van der Waals surface area contributed by atoms with Crippen molar-refractivity contribution in [2.24, 2.45) is 5.41 Å². The Morgan fingerprint density at radius 1 is 0.838 bits per heavy atom. The van der Waals surface area contributed by atoms with Crippen molar-refractivity contribution >= 4 is 21.9 Å². The van der Waals surface area contributed by atoms with Gasteiger partial charge in [-0.15, -0.1) is 0 Å². The van der Waals surface area contributed by atoms with E-state index in [-0.39, 0.29) is 34.3 Å². The molecule has 0 spiro atoms. The molecule has 2 fully saturated rings. The van der Waals surface area contributed by atoms with Crippen LogP contribution >= 0.6 is 0 Å². The van der Waals surface area contributed by atoms with E-state index < -0.39 is 0 Å². The van der Waals surface area contributed by atoms with E-state index in [4.69, 9.17) is 23.0 Å². The van der Waals surface area contributed by atoms with Crippen molar-refractivity contribution in [3.8, 4) is 11.5 Å². The van der Waals surface area contributed by atoms with Gasteiger partial charge in [0.2, 0.25) is 0 Å². The molecule has 2 aromatic heterocycles. The molecule has 0 N–H and O–H groups in total. The maximum absolute atomic E-state index is 11.8. The van der Waals surface area contributed by atoms with Crippen molar-refractivity contribution in [3.63, 3.8) is 0 Å². The topological polar surface area (TPSA) is 91.4 Å². The predicted octanol–water partition coefficient (Wildman–Crippen LogP) is 5.59. The van der Waals surface area contributed by atoms with Gasteiger partial charge in [-0.3, -0.25) is 0 Å². The monoisotopic (exact) mass is 502 g/mol. The molecule has 1 saturated heterocycles. The summed E-state index contributed by atoms with van der Waals surface area (Å²) >= 11 is 0. The highest BCUT2D eigenvalue weighted by Gasteiger charge is 2.64. The van der Waals surface area contributed by atoms with Crippen LogP contribution in [0.4, 0.5) is 0 Å². The number of methoxy groups -OCH3 is 2. The Bertz CT molecular complexity index is 1630. The van der Waals surface area contributed by atoms with Crippen molar-refractivity contribution in [1.29, 1.82) is 0 Å². The summed E-state index contributed by atoms with van der Waals surface area (Å²) in [7, 11) is 3.29. The molecule has 4 unspecified atom stereocenters. The van der Waals surface area contributed by atoms with E-state index in [1.54, 1.807) is 32.4 Å². The van der Waals surface area contributed by atoms with Crippen LogP contribution in [0.5, 0.6) is 11.5 Å². The maximum Gasteiger partial charge on any atom is 0.336 e. The third-order valence-electron chi connectivity index (χ3n) is 8.48. The van der Waals surface area contributed by atoms with Gasteiger partial charge >= 0.3 is 11.3 Å². The number of epoxide rings is 1. The third-order valence-corrected chi connectivity index (χ3v) is 8.48. The number of hydrogen-bond acceptors (Lipinski definition) is 7. The Balaban J connectivity index is 1.39. The van der Waals surface area contributed by atoms with Crippen LogP contribution in [0.25, 0.3) is 21.9 Å². The Morgan fingerprint density at radius 2 is 1.46 bits per heavy atom. The Hall–Kier alpha value is -3.58. The van der Waals surface area contributed by atoms with Crippen LogP contribution in [0.2, 0.25) is 0 Å². The number of fused-ring (bicyclic) bond motifs is 3. The number of ether oxygens (including phenoxy) is 3. The molecule has 2 aromatic carbocycles. The summed E-state index contributed by atoms with van der Waals surface area (Å²) < 4.78 is 28.6. The van der Waals surface area contributed by atoms with Gasteiger partial charge in [0, 0.05) is 46.5 Å². The quantitative estimate of drug-likeness (QED) is 0.251. The minimum absolute atomic E-state index is 0.0829. The maximum atomic E-state index is 11.8. The number of aryl methyl sites for hydroxylation is 1. The fourth-order valence-electron chi connectivity index (χ4n) is 6.24. The predicted molar refractivity (Wildman–Crippen MR) is 140 cm³/mol. The average Bonchev–Trinajstić information content (AvgIpc) is 3.57. The first-order valence-electron chi connectivity index (χ1n) is 12.6. The highest BCUT2D eigenvalue weighted by molar-refractivity contribution is 5.80. The lowest BCUT2D eigenvalue weighted by Crippen LogP contribution is -2.38. The van der Waals surface area contributed by atoms with Crippen molar-refractivity contribution < 1.29 is 23.0 Å². The summed E-state index contributed by atoms with van der Waals surface area (Å²) in [5, 5.41) is 1.74. The molecule has 0 radical (unpaired) electrons. The second-order valence-corrected chi connectivity index (χ2v) is 10.8. The normalized spacial score (nSPS) is 26.7. The molecule has 1 aliphatic carbocycles. The van der Waals surface area contributed by atoms with Gasteiger partial charge in [-0.25, -0.2) is 9.59 Å². The highest BCUT2D eigenvalue weighted by Crippen LogP contribution is 2.63. The minimum Gasteiger partial charge on any atom is -0.496 e. The van der Waals surface area contributed by atoms with Gasteiger partial charge in [0.25, 0.3) is 0 Å². The lowest BCUT2D eigenvalue weighted by molar-refractivity contribution is 0.160. The number of hydrogen-bond donors (Lipinski definition) is 0. The van der Waals surface area contributed by atoms with E-state index in [0.29, 0.717) is 22.7 Å². The number of rotatable bonds is 6. The molecule has 1 aliphatic heterocycles. The molecule has 3 heterocycles.